The van der Waals surface area contributed by atoms with Gasteiger partial charge in [-0.15, -0.1) is 0 Å². The van der Waals surface area contributed by atoms with E-state index in [0.29, 0.717) is 24.0 Å². The minimum absolute atomic E-state index is 0.129. The fourth-order valence-corrected chi connectivity index (χ4v) is 3.70. The summed E-state index contributed by atoms with van der Waals surface area (Å²) in [7, 11) is 0. The normalized spacial score (nSPS) is 18.2. The molecule has 2 aromatic carbocycles. The van der Waals surface area contributed by atoms with E-state index in [4.69, 9.17) is 22.1 Å². The van der Waals surface area contributed by atoms with Crippen molar-refractivity contribution in [2.45, 2.75) is 38.8 Å². The highest BCUT2D eigenvalue weighted by molar-refractivity contribution is 6.30. The average molecular weight is 387 g/mol. The molecule has 0 saturated carbocycles. The van der Waals surface area contributed by atoms with Crippen molar-refractivity contribution < 1.29 is 9.53 Å². The summed E-state index contributed by atoms with van der Waals surface area (Å²) in [6, 6.07) is 15.5. The summed E-state index contributed by atoms with van der Waals surface area (Å²) in [5.74, 6) is 1.31. The molecule has 2 aromatic rings. The van der Waals surface area contributed by atoms with Crippen molar-refractivity contribution in [2.75, 3.05) is 13.1 Å². The van der Waals surface area contributed by atoms with Crippen LogP contribution >= 0.6 is 11.6 Å². The number of nitrogens with zero attached hydrogens (tertiary/aromatic N) is 1. The number of hydrogen-bond donors (Lipinski definition) is 1. The molecule has 2 atom stereocenters. The van der Waals surface area contributed by atoms with Crippen LogP contribution in [-0.4, -0.2) is 29.9 Å². The molecular weight excluding hydrogens is 360 g/mol. The topological polar surface area (TPSA) is 55.6 Å². The number of amides is 1. The van der Waals surface area contributed by atoms with Crippen LogP contribution in [-0.2, 0) is 17.8 Å². The molecule has 1 heterocycles. The first-order valence-corrected chi connectivity index (χ1v) is 9.88. The Hall–Kier alpha value is -2.04. The lowest BCUT2D eigenvalue weighted by molar-refractivity contribution is -0.132. The molecular formula is C22H27ClN2O2. The first-order chi connectivity index (χ1) is 13.0. The van der Waals surface area contributed by atoms with Gasteiger partial charge in [-0.1, -0.05) is 35.9 Å². The first kappa shape index (κ1) is 19.7. The van der Waals surface area contributed by atoms with Crippen molar-refractivity contribution in [2.24, 2.45) is 11.7 Å². The molecule has 27 heavy (non-hydrogen) atoms. The number of hydrogen-bond acceptors (Lipinski definition) is 3. The molecule has 2 N–H and O–H groups in total. The zero-order valence-corrected chi connectivity index (χ0v) is 16.5. The monoisotopic (exact) mass is 386 g/mol. The third-order valence-electron chi connectivity index (χ3n) is 5.10. The van der Waals surface area contributed by atoms with Crippen molar-refractivity contribution in [3.63, 3.8) is 0 Å². The third-order valence-corrected chi connectivity index (χ3v) is 5.34. The Morgan fingerprint density at radius 3 is 2.81 bits per heavy atom. The van der Waals surface area contributed by atoms with Gasteiger partial charge in [0, 0.05) is 24.2 Å². The second kappa shape index (κ2) is 9.25. The number of nitrogens with two attached hydrogens (primary N) is 1. The number of likely N-dealkylation sites (tertiary alicyclic amines) is 1. The molecule has 1 aliphatic rings. The zero-order valence-electron chi connectivity index (χ0n) is 15.7. The lowest BCUT2D eigenvalue weighted by atomic mass is 9.92. The fourth-order valence-electron chi connectivity index (χ4n) is 3.49. The van der Waals surface area contributed by atoms with E-state index in [1.54, 1.807) is 0 Å². The lowest BCUT2D eigenvalue weighted by Crippen LogP contribution is -2.45. The summed E-state index contributed by atoms with van der Waals surface area (Å²) in [4.78, 5) is 14.6. The van der Waals surface area contributed by atoms with E-state index in [1.165, 1.54) is 0 Å². The van der Waals surface area contributed by atoms with Gasteiger partial charge in [-0.25, -0.2) is 0 Å². The van der Waals surface area contributed by atoms with Crippen LogP contribution in [0.1, 0.15) is 30.9 Å². The average Bonchev–Trinajstić information content (AvgIpc) is 2.67. The summed E-state index contributed by atoms with van der Waals surface area (Å²) >= 11 is 6.01. The van der Waals surface area contributed by atoms with Crippen LogP contribution < -0.4 is 10.5 Å². The van der Waals surface area contributed by atoms with Crippen LogP contribution in [0.5, 0.6) is 5.75 Å². The van der Waals surface area contributed by atoms with E-state index >= 15 is 0 Å². The molecule has 1 amide bonds. The van der Waals surface area contributed by atoms with E-state index in [-0.39, 0.29) is 11.9 Å². The number of rotatable bonds is 6. The smallest absolute Gasteiger partial charge is 0.227 e. The van der Waals surface area contributed by atoms with E-state index < -0.39 is 0 Å². The predicted octanol–water partition coefficient (Wildman–Crippen LogP) is 4.05. The first-order valence-electron chi connectivity index (χ1n) is 9.51. The fraction of sp³-hybridized carbons (Fsp3) is 0.409. The number of ether oxygens (including phenoxy) is 1. The molecule has 4 nitrogen and oxygen atoms in total. The maximum absolute atomic E-state index is 12.7. The largest absolute Gasteiger partial charge is 0.489 e. The highest BCUT2D eigenvalue weighted by Gasteiger charge is 2.25. The standard InChI is InChI=1S/C22H27ClN2O2/c1-16(24)19-7-4-10-25(14-19)22(26)13-17-5-3-9-21(12-17)27-15-18-6-2-8-20(23)11-18/h2-3,5-6,8-9,11-12,16,19H,4,7,10,13-15,24H2,1H3. The SMILES string of the molecule is CC(N)C1CCCN(C(=O)Cc2cccc(OCc3cccc(Cl)c3)c2)C1. The van der Waals surface area contributed by atoms with Gasteiger partial charge in [0.15, 0.2) is 0 Å². The summed E-state index contributed by atoms with van der Waals surface area (Å²) < 4.78 is 5.86. The quantitative estimate of drug-likeness (QED) is 0.814. The molecule has 3 rings (SSSR count). The van der Waals surface area contributed by atoms with Crippen molar-refractivity contribution in [3.8, 4) is 5.75 Å². The predicted molar refractivity (Wildman–Crippen MR) is 109 cm³/mol. The Bertz CT molecular complexity index is 778. The minimum atomic E-state index is 0.129. The van der Waals surface area contributed by atoms with Crippen LogP contribution in [0, 0.1) is 5.92 Å². The van der Waals surface area contributed by atoms with Crippen molar-refractivity contribution in [1.82, 2.24) is 4.90 Å². The summed E-state index contributed by atoms with van der Waals surface area (Å²) in [6.07, 6.45) is 2.52. The number of piperidine rings is 1. The Labute approximate surface area is 166 Å². The van der Waals surface area contributed by atoms with Gasteiger partial charge >= 0.3 is 0 Å². The molecule has 0 bridgehead atoms. The van der Waals surface area contributed by atoms with Crippen molar-refractivity contribution >= 4 is 17.5 Å². The maximum atomic E-state index is 12.7. The Morgan fingerprint density at radius 2 is 2.04 bits per heavy atom. The van der Waals surface area contributed by atoms with Gasteiger partial charge in [-0.2, -0.15) is 0 Å². The molecule has 5 heteroatoms. The minimum Gasteiger partial charge on any atom is -0.489 e. The molecule has 0 aromatic heterocycles. The number of carbonyl (C=O) groups is 1. The molecule has 1 fully saturated rings. The summed E-state index contributed by atoms with van der Waals surface area (Å²) in [6.45, 7) is 4.06. The highest BCUT2D eigenvalue weighted by Crippen LogP contribution is 2.21. The summed E-state index contributed by atoms with van der Waals surface area (Å²) in [5.41, 5.74) is 8.01. The second-order valence-electron chi connectivity index (χ2n) is 7.34. The van der Waals surface area contributed by atoms with E-state index in [1.807, 2.05) is 60.4 Å². The van der Waals surface area contributed by atoms with Gasteiger partial charge in [0.25, 0.3) is 0 Å². The molecule has 0 radical (unpaired) electrons. The van der Waals surface area contributed by atoms with Crippen LogP contribution in [0.4, 0.5) is 0 Å². The third kappa shape index (κ3) is 5.72. The van der Waals surface area contributed by atoms with E-state index in [9.17, 15) is 4.79 Å². The van der Waals surface area contributed by atoms with Crippen LogP contribution in [0.3, 0.4) is 0 Å². The van der Waals surface area contributed by atoms with Crippen molar-refractivity contribution in [1.29, 1.82) is 0 Å². The zero-order chi connectivity index (χ0) is 19.2. The van der Waals surface area contributed by atoms with Gasteiger partial charge in [0.05, 0.1) is 6.42 Å². The number of benzene rings is 2. The molecule has 144 valence electrons. The Balaban J connectivity index is 1.57. The van der Waals surface area contributed by atoms with Gasteiger partial charge in [0.1, 0.15) is 12.4 Å². The second-order valence-corrected chi connectivity index (χ2v) is 7.78. The maximum Gasteiger partial charge on any atom is 0.227 e. The summed E-state index contributed by atoms with van der Waals surface area (Å²) in [5, 5.41) is 0.696. The number of carbonyl (C=O) groups excluding carboxylic acids is 1. The van der Waals surface area contributed by atoms with Crippen LogP contribution in [0.2, 0.25) is 5.02 Å². The number of halogens is 1. The van der Waals surface area contributed by atoms with Gasteiger partial charge in [-0.05, 0) is 61.1 Å². The lowest BCUT2D eigenvalue weighted by Gasteiger charge is -2.34. The Kier molecular flexibility index (Phi) is 6.75. The van der Waals surface area contributed by atoms with Gasteiger partial charge in [0.2, 0.25) is 5.91 Å². The van der Waals surface area contributed by atoms with E-state index in [0.717, 1.165) is 42.8 Å². The highest BCUT2D eigenvalue weighted by atomic mass is 35.5. The van der Waals surface area contributed by atoms with E-state index in [2.05, 4.69) is 0 Å². The molecule has 2 unspecified atom stereocenters. The van der Waals surface area contributed by atoms with Crippen molar-refractivity contribution in [3.05, 3.63) is 64.7 Å². The molecule has 0 spiro atoms. The van der Waals surface area contributed by atoms with Crippen LogP contribution in [0.15, 0.2) is 48.5 Å². The van der Waals surface area contributed by atoms with Gasteiger partial charge in [-0.3, -0.25) is 4.79 Å². The molecule has 1 saturated heterocycles. The van der Waals surface area contributed by atoms with Gasteiger partial charge < -0.3 is 15.4 Å². The molecule has 0 aliphatic carbocycles. The molecule has 1 aliphatic heterocycles. The Morgan fingerprint density at radius 1 is 1.26 bits per heavy atom. The van der Waals surface area contributed by atoms with Crippen LogP contribution in [0.25, 0.3) is 0 Å².